The maximum absolute atomic E-state index is 10.6. The monoisotopic (exact) mass is 329 g/mol. The molecule has 0 saturated heterocycles. The standard InChI is InChI=1S/C17H19N3O2S/c1-11-4-5-14(10-12(11)2)13(3)18-17(23)19-15-6-8-16(9-7-15)20(21)22/h4-10,13H,1-3H3,(H2,18,19,23). The number of thiocarbonyl (C=S) groups is 1. The van der Waals surface area contributed by atoms with Gasteiger partial charge in [0.15, 0.2) is 5.11 Å². The summed E-state index contributed by atoms with van der Waals surface area (Å²) < 4.78 is 0. The van der Waals surface area contributed by atoms with Gasteiger partial charge in [0, 0.05) is 17.8 Å². The van der Waals surface area contributed by atoms with Gasteiger partial charge in [0.25, 0.3) is 5.69 Å². The third-order valence-corrected chi connectivity index (χ3v) is 3.93. The largest absolute Gasteiger partial charge is 0.356 e. The van der Waals surface area contributed by atoms with E-state index in [2.05, 4.69) is 42.7 Å². The van der Waals surface area contributed by atoms with Crippen LogP contribution in [0.4, 0.5) is 11.4 Å². The molecule has 1 atom stereocenters. The van der Waals surface area contributed by atoms with Gasteiger partial charge in [0.05, 0.1) is 11.0 Å². The highest BCUT2D eigenvalue weighted by Gasteiger charge is 2.09. The van der Waals surface area contributed by atoms with E-state index in [1.54, 1.807) is 12.1 Å². The van der Waals surface area contributed by atoms with Crippen molar-refractivity contribution in [1.82, 2.24) is 5.32 Å². The highest BCUT2D eigenvalue weighted by atomic mass is 32.1. The Kier molecular flexibility index (Phi) is 5.28. The summed E-state index contributed by atoms with van der Waals surface area (Å²) in [7, 11) is 0. The fourth-order valence-electron chi connectivity index (χ4n) is 2.15. The van der Waals surface area contributed by atoms with E-state index >= 15 is 0 Å². The lowest BCUT2D eigenvalue weighted by Gasteiger charge is -2.18. The Morgan fingerprint density at radius 2 is 1.78 bits per heavy atom. The Hall–Kier alpha value is -2.47. The van der Waals surface area contributed by atoms with Crippen LogP contribution in [0.1, 0.15) is 29.7 Å². The first kappa shape index (κ1) is 16.9. The van der Waals surface area contributed by atoms with Gasteiger partial charge in [0.2, 0.25) is 0 Å². The third-order valence-electron chi connectivity index (χ3n) is 3.71. The van der Waals surface area contributed by atoms with Crippen LogP contribution in [0.15, 0.2) is 42.5 Å². The zero-order chi connectivity index (χ0) is 17.0. The van der Waals surface area contributed by atoms with E-state index in [1.165, 1.54) is 23.3 Å². The van der Waals surface area contributed by atoms with Crippen LogP contribution >= 0.6 is 12.2 Å². The van der Waals surface area contributed by atoms with E-state index in [4.69, 9.17) is 12.2 Å². The summed E-state index contributed by atoms with van der Waals surface area (Å²) in [6, 6.07) is 12.5. The van der Waals surface area contributed by atoms with Gasteiger partial charge in [-0.25, -0.2) is 0 Å². The van der Waals surface area contributed by atoms with Crippen molar-refractivity contribution >= 4 is 28.7 Å². The molecule has 0 aliphatic rings. The molecule has 0 bridgehead atoms. The minimum absolute atomic E-state index is 0.0536. The van der Waals surface area contributed by atoms with E-state index in [9.17, 15) is 10.1 Å². The van der Waals surface area contributed by atoms with Gasteiger partial charge >= 0.3 is 0 Å². The van der Waals surface area contributed by atoms with Gasteiger partial charge in [-0.1, -0.05) is 18.2 Å². The second-order valence-corrected chi connectivity index (χ2v) is 5.88. The molecule has 0 aliphatic carbocycles. The number of non-ortho nitro benzene ring substituents is 1. The maximum atomic E-state index is 10.6. The molecule has 2 aromatic rings. The van der Waals surface area contributed by atoms with E-state index in [-0.39, 0.29) is 11.7 Å². The molecule has 6 heteroatoms. The highest BCUT2D eigenvalue weighted by molar-refractivity contribution is 7.80. The zero-order valence-corrected chi connectivity index (χ0v) is 14.1. The van der Waals surface area contributed by atoms with Gasteiger partial charge in [-0.05, 0) is 61.8 Å². The molecule has 5 nitrogen and oxygen atoms in total. The van der Waals surface area contributed by atoms with Crippen LogP contribution in [0.2, 0.25) is 0 Å². The molecule has 2 aromatic carbocycles. The van der Waals surface area contributed by atoms with Crippen LogP contribution in [0, 0.1) is 24.0 Å². The number of rotatable bonds is 4. The summed E-state index contributed by atoms with van der Waals surface area (Å²) in [5.74, 6) is 0. The van der Waals surface area contributed by atoms with Gasteiger partial charge in [-0.3, -0.25) is 10.1 Å². The van der Waals surface area contributed by atoms with Gasteiger partial charge < -0.3 is 10.6 Å². The lowest BCUT2D eigenvalue weighted by Crippen LogP contribution is -2.30. The van der Waals surface area contributed by atoms with E-state index in [1.807, 2.05) is 6.92 Å². The Bertz CT molecular complexity index is 729. The molecule has 0 fully saturated rings. The number of benzene rings is 2. The number of hydrogen-bond acceptors (Lipinski definition) is 3. The van der Waals surface area contributed by atoms with E-state index < -0.39 is 4.92 Å². The van der Waals surface area contributed by atoms with Crippen molar-refractivity contribution in [3.8, 4) is 0 Å². The second-order valence-electron chi connectivity index (χ2n) is 5.47. The fraction of sp³-hybridized carbons (Fsp3) is 0.235. The van der Waals surface area contributed by atoms with Crippen LogP contribution in [0.25, 0.3) is 0 Å². The van der Waals surface area contributed by atoms with E-state index in [0.717, 1.165) is 5.56 Å². The highest BCUT2D eigenvalue weighted by Crippen LogP contribution is 2.18. The van der Waals surface area contributed by atoms with Gasteiger partial charge in [-0.2, -0.15) is 0 Å². The number of nitro benzene ring substituents is 1. The maximum Gasteiger partial charge on any atom is 0.269 e. The van der Waals surface area contributed by atoms with Crippen molar-refractivity contribution in [1.29, 1.82) is 0 Å². The molecular formula is C17H19N3O2S. The molecular weight excluding hydrogens is 310 g/mol. The average Bonchev–Trinajstić information content (AvgIpc) is 2.50. The molecule has 0 radical (unpaired) electrons. The molecule has 120 valence electrons. The first-order chi connectivity index (χ1) is 10.9. The minimum atomic E-state index is -0.428. The van der Waals surface area contributed by atoms with Crippen LogP contribution in [0.3, 0.4) is 0 Å². The molecule has 23 heavy (non-hydrogen) atoms. The number of nitrogens with one attached hydrogen (secondary N) is 2. The van der Waals surface area contributed by atoms with Crippen LogP contribution in [-0.2, 0) is 0 Å². The molecule has 0 saturated carbocycles. The third kappa shape index (κ3) is 4.50. The SMILES string of the molecule is Cc1ccc(C(C)NC(=S)Nc2ccc([N+](=O)[O-])cc2)cc1C. The summed E-state index contributed by atoms with van der Waals surface area (Å²) in [5, 5.41) is 17.4. The summed E-state index contributed by atoms with van der Waals surface area (Å²) >= 11 is 5.30. The summed E-state index contributed by atoms with van der Waals surface area (Å²) in [4.78, 5) is 10.2. The Balaban J connectivity index is 1.98. The molecule has 0 aromatic heterocycles. The Morgan fingerprint density at radius 3 is 2.35 bits per heavy atom. The Morgan fingerprint density at radius 1 is 1.13 bits per heavy atom. The van der Waals surface area contributed by atoms with E-state index in [0.29, 0.717) is 10.8 Å². The van der Waals surface area contributed by atoms with Gasteiger partial charge in [-0.15, -0.1) is 0 Å². The van der Waals surface area contributed by atoms with Crippen molar-refractivity contribution in [2.75, 3.05) is 5.32 Å². The van der Waals surface area contributed by atoms with Crippen molar-refractivity contribution < 1.29 is 4.92 Å². The van der Waals surface area contributed by atoms with Gasteiger partial charge in [0.1, 0.15) is 0 Å². The fourth-order valence-corrected chi connectivity index (χ4v) is 2.44. The summed E-state index contributed by atoms with van der Waals surface area (Å²) in [5.41, 5.74) is 4.41. The Labute approximate surface area is 140 Å². The topological polar surface area (TPSA) is 67.2 Å². The molecule has 0 heterocycles. The predicted octanol–water partition coefficient (Wildman–Crippen LogP) is 4.26. The van der Waals surface area contributed by atoms with Crippen molar-refractivity contribution in [3.05, 3.63) is 69.3 Å². The number of nitro groups is 1. The number of anilines is 1. The molecule has 0 amide bonds. The molecule has 0 spiro atoms. The summed E-state index contributed by atoms with van der Waals surface area (Å²) in [6.07, 6.45) is 0. The summed E-state index contributed by atoms with van der Waals surface area (Å²) in [6.45, 7) is 6.20. The molecule has 2 rings (SSSR count). The minimum Gasteiger partial charge on any atom is -0.356 e. The number of hydrogen-bond donors (Lipinski definition) is 2. The predicted molar refractivity (Wildman–Crippen MR) is 96.8 cm³/mol. The molecule has 1 unspecified atom stereocenters. The lowest BCUT2D eigenvalue weighted by atomic mass is 10.0. The average molecular weight is 329 g/mol. The van der Waals surface area contributed by atoms with Crippen LogP contribution < -0.4 is 10.6 Å². The van der Waals surface area contributed by atoms with Crippen molar-refractivity contribution in [2.24, 2.45) is 0 Å². The zero-order valence-electron chi connectivity index (χ0n) is 13.3. The second kappa shape index (κ2) is 7.19. The van der Waals surface area contributed by atoms with Crippen molar-refractivity contribution in [2.45, 2.75) is 26.8 Å². The number of aryl methyl sites for hydroxylation is 2. The number of nitrogens with zero attached hydrogens (tertiary/aromatic N) is 1. The van der Waals surface area contributed by atoms with Crippen LogP contribution in [0.5, 0.6) is 0 Å². The smallest absolute Gasteiger partial charge is 0.269 e. The molecule has 0 aliphatic heterocycles. The van der Waals surface area contributed by atoms with Crippen molar-refractivity contribution in [3.63, 3.8) is 0 Å². The first-order valence-electron chi connectivity index (χ1n) is 7.26. The lowest BCUT2D eigenvalue weighted by molar-refractivity contribution is -0.384. The normalized spacial score (nSPS) is 11.6. The van der Waals surface area contributed by atoms with Crippen LogP contribution in [-0.4, -0.2) is 10.0 Å². The first-order valence-corrected chi connectivity index (χ1v) is 7.67. The quantitative estimate of drug-likeness (QED) is 0.498. The molecule has 2 N–H and O–H groups in total.